The summed E-state index contributed by atoms with van der Waals surface area (Å²) in [5.41, 5.74) is 4.11. The zero-order valence-electron chi connectivity index (χ0n) is 21.3. The Kier molecular flexibility index (Phi) is 8.51. The fourth-order valence-corrected chi connectivity index (χ4v) is 6.36. The molecule has 1 fully saturated rings. The van der Waals surface area contributed by atoms with Crippen LogP contribution >= 0.6 is 23.1 Å². The highest BCUT2D eigenvalue weighted by molar-refractivity contribution is 7.99. The molecule has 1 unspecified atom stereocenters. The monoisotopic (exact) mass is 542 g/mol. The molecule has 0 radical (unpaired) electrons. The highest BCUT2D eigenvalue weighted by atomic mass is 32.2. The summed E-state index contributed by atoms with van der Waals surface area (Å²) in [6.45, 7) is 2.68. The van der Waals surface area contributed by atoms with E-state index in [9.17, 15) is 9.59 Å². The molecule has 1 aliphatic rings. The molecule has 6 nitrogen and oxygen atoms in total. The van der Waals surface area contributed by atoms with Crippen molar-refractivity contribution in [3.05, 3.63) is 101 Å². The normalized spacial score (nSPS) is 15.1. The van der Waals surface area contributed by atoms with Crippen molar-refractivity contribution in [2.75, 3.05) is 22.5 Å². The van der Waals surface area contributed by atoms with Gasteiger partial charge in [0.25, 0.3) is 5.91 Å². The molecular formula is C30H30N4O2S2. The Labute approximate surface area is 231 Å². The van der Waals surface area contributed by atoms with Crippen LogP contribution in [0.3, 0.4) is 0 Å². The number of nitrogens with one attached hydrogen (secondary N) is 1. The zero-order chi connectivity index (χ0) is 26.3. The Hall–Kier alpha value is -3.49. The third kappa shape index (κ3) is 6.31. The average molecular weight is 543 g/mol. The number of hydrogen-bond acceptors (Lipinski definition) is 6. The van der Waals surface area contributed by atoms with E-state index in [-0.39, 0.29) is 17.7 Å². The highest BCUT2D eigenvalue weighted by Crippen LogP contribution is 2.34. The van der Waals surface area contributed by atoms with E-state index in [1.807, 2.05) is 47.4 Å². The summed E-state index contributed by atoms with van der Waals surface area (Å²) in [7, 11) is 0. The van der Waals surface area contributed by atoms with Gasteiger partial charge in [0.05, 0.1) is 5.56 Å². The second kappa shape index (κ2) is 12.4. The lowest BCUT2D eigenvalue weighted by Crippen LogP contribution is -2.24. The number of amides is 2. The number of aromatic nitrogens is 2. The van der Waals surface area contributed by atoms with Crippen molar-refractivity contribution in [3.8, 4) is 0 Å². The van der Waals surface area contributed by atoms with Crippen molar-refractivity contribution in [1.29, 1.82) is 0 Å². The number of rotatable bonds is 10. The van der Waals surface area contributed by atoms with Crippen LogP contribution in [-0.2, 0) is 17.6 Å². The minimum Gasteiger partial charge on any atom is -0.312 e. The maximum atomic E-state index is 13.1. The van der Waals surface area contributed by atoms with Crippen LogP contribution in [0.5, 0.6) is 0 Å². The Bertz CT molecular complexity index is 1390. The van der Waals surface area contributed by atoms with Gasteiger partial charge in [0.15, 0.2) is 0 Å². The van der Waals surface area contributed by atoms with Gasteiger partial charge in [-0.25, -0.2) is 0 Å². The van der Waals surface area contributed by atoms with Gasteiger partial charge >= 0.3 is 0 Å². The molecule has 1 aromatic heterocycles. The SMILES string of the molecule is CCc1ccc(N2CC(c3nnc(NC(=O)c4ccccc4SCCCc4ccccc4)s3)CC2=O)cc1. The van der Waals surface area contributed by atoms with Gasteiger partial charge in [-0.1, -0.05) is 72.9 Å². The number of nitrogens with zero attached hydrogens (tertiary/aromatic N) is 3. The molecule has 8 heteroatoms. The van der Waals surface area contributed by atoms with Gasteiger partial charge in [-0.05, 0) is 60.4 Å². The first-order valence-electron chi connectivity index (χ1n) is 12.9. The first-order chi connectivity index (χ1) is 18.6. The van der Waals surface area contributed by atoms with E-state index in [4.69, 9.17) is 0 Å². The average Bonchev–Trinajstić information content (AvgIpc) is 3.58. The van der Waals surface area contributed by atoms with E-state index in [1.165, 1.54) is 22.5 Å². The minimum absolute atomic E-state index is 0.0380. The number of carbonyl (C=O) groups excluding carboxylic acids is 2. The van der Waals surface area contributed by atoms with Gasteiger partial charge in [0, 0.05) is 29.5 Å². The van der Waals surface area contributed by atoms with Gasteiger partial charge in [-0.15, -0.1) is 22.0 Å². The van der Waals surface area contributed by atoms with Gasteiger partial charge in [-0.3, -0.25) is 14.9 Å². The highest BCUT2D eigenvalue weighted by Gasteiger charge is 2.34. The largest absolute Gasteiger partial charge is 0.312 e. The maximum Gasteiger partial charge on any atom is 0.258 e. The molecule has 38 heavy (non-hydrogen) atoms. The molecule has 1 N–H and O–H groups in total. The summed E-state index contributed by atoms with van der Waals surface area (Å²) in [6, 6.07) is 26.2. The molecule has 0 saturated carbocycles. The fourth-order valence-electron chi connectivity index (χ4n) is 4.53. The van der Waals surface area contributed by atoms with Crippen LogP contribution < -0.4 is 10.2 Å². The molecule has 1 atom stereocenters. The second-order valence-corrected chi connectivity index (χ2v) is 11.4. The summed E-state index contributed by atoms with van der Waals surface area (Å²) >= 11 is 3.04. The molecule has 3 aromatic carbocycles. The minimum atomic E-state index is -0.195. The van der Waals surface area contributed by atoms with Crippen molar-refractivity contribution in [1.82, 2.24) is 10.2 Å². The predicted molar refractivity (Wildman–Crippen MR) is 155 cm³/mol. The number of thioether (sulfide) groups is 1. The lowest BCUT2D eigenvalue weighted by molar-refractivity contribution is -0.117. The molecule has 2 heterocycles. The number of hydrogen-bond donors (Lipinski definition) is 1. The summed E-state index contributed by atoms with van der Waals surface area (Å²) in [5.74, 6) is 0.774. The number of anilines is 2. The van der Waals surface area contributed by atoms with Crippen LogP contribution in [-0.4, -0.2) is 34.3 Å². The Morgan fingerprint density at radius 2 is 1.76 bits per heavy atom. The van der Waals surface area contributed by atoms with Gasteiger partial charge in [0.1, 0.15) is 5.01 Å². The summed E-state index contributed by atoms with van der Waals surface area (Å²) in [5, 5.41) is 12.7. The summed E-state index contributed by atoms with van der Waals surface area (Å²) < 4.78 is 0. The lowest BCUT2D eigenvalue weighted by atomic mass is 10.1. The van der Waals surface area contributed by atoms with Gasteiger partial charge < -0.3 is 4.90 Å². The Balaban J connectivity index is 1.18. The van der Waals surface area contributed by atoms with Crippen LogP contribution in [0.25, 0.3) is 0 Å². The molecule has 5 rings (SSSR count). The third-order valence-electron chi connectivity index (χ3n) is 6.63. The summed E-state index contributed by atoms with van der Waals surface area (Å²) in [6.07, 6.45) is 3.40. The number of aryl methyl sites for hydroxylation is 2. The number of carbonyl (C=O) groups is 2. The van der Waals surface area contributed by atoms with Crippen molar-refractivity contribution in [2.24, 2.45) is 0 Å². The molecule has 0 bridgehead atoms. The predicted octanol–water partition coefficient (Wildman–Crippen LogP) is 6.60. The molecule has 1 aliphatic heterocycles. The third-order valence-corrected chi connectivity index (χ3v) is 8.79. The van der Waals surface area contributed by atoms with Gasteiger partial charge in [-0.2, -0.15) is 0 Å². The van der Waals surface area contributed by atoms with Crippen molar-refractivity contribution < 1.29 is 9.59 Å². The van der Waals surface area contributed by atoms with E-state index >= 15 is 0 Å². The van der Waals surface area contributed by atoms with E-state index < -0.39 is 0 Å². The van der Waals surface area contributed by atoms with Gasteiger partial charge in [0.2, 0.25) is 11.0 Å². The first-order valence-corrected chi connectivity index (χ1v) is 14.7. The van der Waals surface area contributed by atoms with Crippen molar-refractivity contribution >= 4 is 45.7 Å². The smallest absolute Gasteiger partial charge is 0.258 e. The van der Waals surface area contributed by atoms with Crippen LogP contribution in [0.2, 0.25) is 0 Å². The second-order valence-electron chi connectivity index (χ2n) is 9.26. The van der Waals surface area contributed by atoms with Crippen LogP contribution in [0.15, 0.2) is 83.8 Å². The van der Waals surface area contributed by atoms with E-state index in [0.29, 0.717) is 23.7 Å². The maximum absolute atomic E-state index is 13.1. The van der Waals surface area contributed by atoms with Crippen LogP contribution in [0.1, 0.15) is 52.2 Å². The molecule has 2 amide bonds. The van der Waals surface area contributed by atoms with Crippen molar-refractivity contribution in [3.63, 3.8) is 0 Å². The molecule has 0 aliphatic carbocycles. The lowest BCUT2D eigenvalue weighted by Gasteiger charge is -2.16. The van der Waals surface area contributed by atoms with Crippen LogP contribution in [0, 0.1) is 0 Å². The molecule has 0 spiro atoms. The molecule has 4 aromatic rings. The Morgan fingerprint density at radius 3 is 2.55 bits per heavy atom. The topological polar surface area (TPSA) is 75.2 Å². The van der Waals surface area contributed by atoms with E-state index in [0.717, 1.165) is 40.6 Å². The summed E-state index contributed by atoms with van der Waals surface area (Å²) in [4.78, 5) is 28.6. The number of benzene rings is 3. The molecular weight excluding hydrogens is 512 g/mol. The molecule has 194 valence electrons. The van der Waals surface area contributed by atoms with E-state index in [2.05, 4.69) is 58.8 Å². The first kappa shape index (κ1) is 26.1. The van der Waals surface area contributed by atoms with E-state index in [1.54, 1.807) is 11.8 Å². The fraction of sp³-hybridized carbons (Fsp3) is 0.267. The zero-order valence-corrected chi connectivity index (χ0v) is 22.9. The van der Waals surface area contributed by atoms with Crippen molar-refractivity contribution in [2.45, 2.75) is 43.4 Å². The Morgan fingerprint density at radius 1 is 1.00 bits per heavy atom. The standard InChI is InChI=1S/C30H30N4O2S2/c1-2-21-14-16-24(17-15-21)34-20-23(19-27(34)35)29-32-33-30(38-29)31-28(36)25-12-6-7-13-26(25)37-18-8-11-22-9-4-3-5-10-22/h3-7,9-10,12-17,23H,2,8,11,18-20H2,1H3,(H,31,33,36). The quantitative estimate of drug-likeness (QED) is 0.181. The molecule has 1 saturated heterocycles. The van der Waals surface area contributed by atoms with Crippen LogP contribution in [0.4, 0.5) is 10.8 Å².